The lowest BCUT2D eigenvalue weighted by atomic mass is 10.1. The SMILES string of the molecule is CC1(CO)OC(C)(n2cnc3c(=O)[nH]c(N)nc32)C(O)=C1O. The number of ether oxygens (including phenoxy) is 1. The first-order valence-corrected chi connectivity index (χ1v) is 6.40. The molecule has 1 aliphatic rings. The van der Waals surface area contributed by atoms with Crippen LogP contribution in [0.25, 0.3) is 11.2 Å². The summed E-state index contributed by atoms with van der Waals surface area (Å²) in [6, 6.07) is 0. The van der Waals surface area contributed by atoms with Gasteiger partial charge in [0.1, 0.15) is 6.33 Å². The number of nitrogen functional groups attached to an aromatic ring is 1. The molecule has 2 atom stereocenters. The normalized spacial score (nSPS) is 28.7. The molecule has 0 saturated heterocycles. The summed E-state index contributed by atoms with van der Waals surface area (Å²) in [6.07, 6.45) is 1.24. The predicted molar refractivity (Wildman–Crippen MR) is 75.1 cm³/mol. The smallest absolute Gasteiger partial charge is 0.280 e. The molecule has 0 fully saturated rings. The molecule has 3 heterocycles. The number of aromatic amines is 1. The molecule has 2 aromatic heterocycles. The first kappa shape index (κ1) is 14.4. The second-order valence-electron chi connectivity index (χ2n) is 5.41. The van der Waals surface area contributed by atoms with Gasteiger partial charge in [-0.1, -0.05) is 0 Å². The zero-order valence-corrected chi connectivity index (χ0v) is 11.9. The Balaban J connectivity index is 2.27. The Morgan fingerprint density at radius 2 is 2.09 bits per heavy atom. The van der Waals surface area contributed by atoms with Crippen LogP contribution in [0, 0.1) is 0 Å². The molecule has 22 heavy (non-hydrogen) atoms. The third-order valence-corrected chi connectivity index (χ3v) is 3.78. The average Bonchev–Trinajstić information content (AvgIpc) is 2.95. The van der Waals surface area contributed by atoms with Crippen molar-refractivity contribution in [2.24, 2.45) is 0 Å². The van der Waals surface area contributed by atoms with Crippen LogP contribution in [0.1, 0.15) is 13.8 Å². The van der Waals surface area contributed by atoms with Gasteiger partial charge in [0.05, 0.1) is 6.61 Å². The highest BCUT2D eigenvalue weighted by Gasteiger charge is 2.53. The van der Waals surface area contributed by atoms with Crippen molar-refractivity contribution < 1.29 is 20.1 Å². The lowest BCUT2D eigenvalue weighted by molar-refractivity contribution is -0.153. The lowest BCUT2D eigenvalue weighted by Gasteiger charge is -2.30. The Kier molecular flexibility index (Phi) is 2.75. The van der Waals surface area contributed by atoms with Crippen LogP contribution in [0.15, 0.2) is 22.6 Å². The largest absolute Gasteiger partial charge is 0.506 e. The number of hydrogen-bond donors (Lipinski definition) is 5. The first-order valence-electron chi connectivity index (χ1n) is 6.40. The molecule has 6 N–H and O–H groups in total. The van der Waals surface area contributed by atoms with Gasteiger partial charge in [-0.3, -0.25) is 14.3 Å². The topological polar surface area (TPSA) is 160 Å². The van der Waals surface area contributed by atoms with E-state index >= 15 is 0 Å². The molecule has 10 heteroatoms. The summed E-state index contributed by atoms with van der Waals surface area (Å²) in [6.45, 7) is 2.30. The van der Waals surface area contributed by atoms with Crippen LogP contribution in [0.3, 0.4) is 0 Å². The highest BCUT2D eigenvalue weighted by molar-refractivity contribution is 5.71. The number of aliphatic hydroxyl groups is 3. The molecular formula is C12H15N5O5. The Morgan fingerprint density at radius 3 is 2.68 bits per heavy atom. The minimum Gasteiger partial charge on any atom is -0.506 e. The number of H-pyrrole nitrogens is 1. The van der Waals surface area contributed by atoms with Gasteiger partial charge in [-0.15, -0.1) is 0 Å². The summed E-state index contributed by atoms with van der Waals surface area (Å²) >= 11 is 0. The van der Waals surface area contributed by atoms with Crippen LogP contribution < -0.4 is 11.3 Å². The summed E-state index contributed by atoms with van der Waals surface area (Å²) in [4.78, 5) is 22.0. The third kappa shape index (κ3) is 1.64. The number of hydrogen-bond acceptors (Lipinski definition) is 8. The van der Waals surface area contributed by atoms with Crippen LogP contribution in [0.5, 0.6) is 0 Å². The van der Waals surface area contributed by atoms with E-state index in [9.17, 15) is 20.1 Å². The van der Waals surface area contributed by atoms with Crippen molar-refractivity contribution in [1.82, 2.24) is 19.5 Å². The molecule has 0 bridgehead atoms. The molecule has 2 aromatic rings. The highest BCUT2D eigenvalue weighted by atomic mass is 16.6. The van der Waals surface area contributed by atoms with Crippen LogP contribution >= 0.6 is 0 Å². The molecule has 0 spiro atoms. The van der Waals surface area contributed by atoms with Gasteiger partial charge in [-0.05, 0) is 13.8 Å². The zero-order chi connectivity index (χ0) is 16.3. The Morgan fingerprint density at radius 1 is 1.41 bits per heavy atom. The van der Waals surface area contributed by atoms with Crippen LogP contribution in [0.2, 0.25) is 0 Å². The van der Waals surface area contributed by atoms with Crippen molar-refractivity contribution in [1.29, 1.82) is 0 Å². The van der Waals surface area contributed by atoms with E-state index in [4.69, 9.17) is 10.5 Å². The van der Waals surface area contributed by atoms with Crippen molar-refractivity contribution in [3.63, 3.8) is 0 Å². The number of rotatable bonds is 2. The van der Waals surface area contributed by atoms with Crippen LogP contribution in [0.4, 0.5) is 5.95 Å². The molecule has 0 saturated carbocycles. The number of nitrogens with one attached hydrogen (secondary N) is 1. The zero-order valence-electron chi connectivity index (χ0n) is 11.9. The van der Waals surface area contributed by atoms with E-state index in [0.29, 0.717) is 0 Å². The molecule has 2 unspecified atom stereocenters. The van der Waals surface area contributed by atoms with Crippen molar-refractivity contribution >= 4 is 17.1 Å². The summed E-state index contributed by atoms with van der Waals surface area (Å²) in [5.74, 6) is -1.14. The molecule has 0 radical (unpaired) electrons. The van der Waals surface area contributed by atoms with E-state index in [2.05, 4.69) is 15.0 Å². The van der Waals surface area contributed by atoms with E-state index < -0.39 is 35.0 Å². The second-order valence-corrected chi connectivity index (χ2v) is 5.41. The monoisotopic (exact) mass is 309 g/mol. The van der Waals surface area contributed by atoms with Gasteiger partial charge < -0.3 is 25.8 Å². The molecule has 0 aliphatic carbocycles. The van der Waals surface area contributed by atoms with Gasteiger partial charge in [0.15, 0.2) is 28.3 Å². The molecular weight excluding hydrogens is 294 g/mol. The Bertz CT molecular complexity index is 855. The van der Waals surface area contributed by atoms with Crippen molar-refractivity contribution in [2.75, 3.05) is 12.3 Å². The summed E-state index contributed by atoms with van der Waals surface area (Å²) in [5.41, 5.74) is 1.98. The fourth-order valence-electron chi connectivity index (χ4n) is 2.51. The van der Waals surface area contributed by atoms with Gasteiger partial charge in [0, 0.05) is 0 Å². The van der Waals surface area contributed by atoms with Gasteiger partial charge in [-0.2, -0.15) is 4.98 Å². The molecule has 118 valence electrons. The highest BCUT2D eigenvalue weighted by Crippen LogP contribution is 2.43. The molecule has 0 amide bonds. The fraction of sp³-hybridized carbons (Fsp3) is 0.417. The predicted octanol–water partition coefficient (Wildman–Crippen LogP) is -0.517. The number of aromatic nitrogens is 4. The number of anilines is 1. The molecule has 0 aromatic carbocycles. The fourth-order valence-corrected chi connectivity index (χ4v) is 2.51. The number of aliphatic hydroxyl groups excluding tert-OH is 3. The van der Waals surface area contributed by atoms with E-state index in [1.165, 1.54) is 24.7 Å². The van der Waals surface area contributed by atoms with E-state index in [0.717, 1.165) is 0 Å². The van der Waals surface area contributed by atoms with Gasteiger partial charge in [0.25, 0.3) is 5.56 Å². The van der Waals surface area contributed by atoms with Crippen LogP contribution in [-0.2, 0) is 10.5 Å². The minimum absolute atomic E-state index is 0.00363. The van der Waals surface area contributed by atoms with Gasteiger partial charge >= 0.3 is 0 Å². The van der Waals surface area contributed by atoms with Gasteiger partial charge in [0.2, 0.25) is 11.7 Å². The Labute approximate surface area is 123 Å². The van der Waals surface area contributed by atoms with Crippen LogP contribution in [-0.4, -0.2) is 47.0 Å². The number of imidazole rings is 1. The van der Waals surface area contributed by atoms with E-state index in [1.54, 1.807) is 0 Å². The summed E-state index contributed by atoms with van der Waals surface area (Å²) < 4.78 is 6.91. The molecule has 1 aliphatic heterocycles. The average molecular weight is 309 g/mol. The van der Waals surface area contributed by atoms with Crippen molar-refractivity contribution in [3.05, 3.63) is 28.2 Å². The maximum atomic E-state index is 11.8. The third-order valence-electron chi connectivity index (χ3n) is 3.78. The summed E-state index contributed by atoms with van der Waals surface area (Å²) in [7, 11) is 0. The van der Waals surface area contributed by atoms with Crippen molar-refractivity contribution in [3.8, 4) is 0 Å². The molecule has 3 rings (SSSR count). The maximum Gasteiger partial charge on any atom is 0.280 e. The second kappa shape index (κ2) is 4.21. The first-order chi connectivity index (χ1) is 10.2. The van der Waals surface area contributed by atoms with E-state index in [-0.39, 0.29) is 17.1 Å². The van der Waals surface area contributed by atoms with Crippen molar-refractivity contribution in [2.45, 2.75) is 25.2 Å². The Hall–Kier alpha value is -2.59. The number of nitrogens with zero attached hydrogens (tertiary/aromatic N) is 3. The maximum absolute atomic E-state index is 11.8. The lowest BCUT2D eigenvalue weighted by Crippen LogP contribution is -2.40. The standard InChI is InChI=1S/C12H15N5O5/c1-11(3-18)6(19)7(20)12(2,22-11)17-4-14-5-8(17)15-10(13)16-9(5)21/h4,18-20H,3H2,1-2H3,(H3,13,15,16,21). The van der Waals surface area contributed by atoms with Gasteiger partial charge in [-0.25, -0.2) is 4.98 Å². The quantitative estimate of drug-likeness (QED) is 0.495. The number of fused-ring (bicyclic) bond motifs is 1. The molecule has 10 nitrogen and oxygen atoms in total. The minimum atomic E-state index is -1.59. The van der Waals surface area contributed by atoms with E-state index in [1.807, 2.05) is 0 Å². The number of nitrogens with two attached hydrogens (primary N) is 1. The summed E-state index contributed by atoms with van der Waals surface area (Å²) in [5, 5.41) is 29.7.